The van der Waals surface area contributed by atoms with E-state index in [2.05, 4.69) is 0 Å². The van der Waals surface area contributed by atoms with Gasteiger partial charge in [0.2, 0.25) is 11.6 Å². The molecule has 5 rings (SSSR count). The maximum atomic E-state index is 14.8. The number of rotatable bonds is 4. The number of fused-ring (bicyclic) bond motifs is 3. The van der Waals surface area contributed by atoms with E-state index in [1.807, 2.05) is 0 Å². The molecular formula is C27H29F5N2O3S. The highest BCUT2D eigenvalue weighted by Crippen LogP contribution is 2.52. The number of alkyl halides is 4. The van der Waals surface area contributed by atoms with Crippen molar-refractivity contribution in [2.45, 2.75) is 55.9 Å². The fourth-order valence-corrected chi connectivity index (χ4v) is 7.64. The first-order valence-corrected chi connectivity index (χ1v) is 14.5. The molecule has 3 aliphatic heterocycles. The zero-order valence-corrected chi connectivity index (χ0v) is 21.6. The summed E-state index contributed by atoms with van der Waals surface area (Å²) < 4.78 is 94.4. The largest absolute Gasteiger partial charge is 0.491 e. The molecular weight excluding hydrogens is 527 g/mol. The van der Waals surface area contributed by atoms with E-state index in [1.165, 1.54) is 18.2 Å². The Labute approximate surface area is 218 Å². The van der Waals surface area contributed by atoms with E-state index in [0.29, 0.717) is 44.7 Å². The standard InChI is InChI=1S/C27H29F5N2O3S/c1-25(29,27(30,31)32)19-4-7-21-22(14-19)37-16-23-26(21,15-17-2-5-20(28)6-3-17)10-11-34(23)24(35)18-8-12-38(33,36)13-9-18/h2-7,14,18,23,33H,8-13,15-16H2,1H3. The van der Waals surface area contributed by atoms with Crippen LogP contribution in [0.5, 0.6) is 5.75 Å². The summed E-state index contributed by atoms with van der Waals surface area (Å²) in [6.07, 6.45) is -3.51. The third kappa shape index (κ3) is 4.56. The normalized spacial score (nSPS) is 30.6. The highest BCUT2D eigenvalue weighted by atomic mass is 32.2. The lowest BCUT2D eigenvalue weighted by atomic mass is 9.68. The average Bonchev–Trinajstić information content (AvgIpc) is 3.23. The predicted molar refractivity (Wildman–Crippen MR) is 132 cm³/mol. The Morgan fingerprint density at radius 3 is 2.42 bits per heavy atom. The van der Waals surface area contributed by atoms with Crippen LogP contribution in [0.15, 0.2) is 42.5 Å². The number of nitrogens with one attached hydrogen (secondary N) is 1. The van der Waals surface area contributed by atoms with E-state index < -0.39 is 44.4 Å². The van der Waals surface area contributed by atoms with Crippen LogP contribution in [0.1, 0.15) is 42.9 Å². The monoisotopic (exact) mass is 556 g/mol. The molecule has 2 aromatic carbocycles. The van der Waals surface area contributed by atoms with E-state index in [9.17, 15) is 31.0 Å². The fourth-order valence-electron chi connectivity index (χ4n) is 6.11. The topological polar surface area (TPSA) is 70.5 Å². The van der Waals surface area contributed by atoms with Crippen molar-refractivity contribution in [1.29, 1.82) is 4.78 Å². The van der Waals surface area contributed by atoms with Gasteiger partial charge in [-0.15, -0.1) is 0 Å². The summed E-state index contributed by atoms with van der Waals surface area (Å²) in [4.78, 5) is 15.4. The molecule has 38 heavy (non-hydrogen) atoms. The van der Waals surface area contributed by atoms with Crippen LogP contribution >= 0.6 is 0 Å². The van der Waals surface area contributed by atoms with Crippen LogP contribution in [0, 0.1) is 16.5 Å². The van der Waals surface area contributed by atoms with Crippen molar-refractivity contribution < 1.29 is 35.7 Å². The Morgan fingerprint density at radius 1 is 1.13 bits per heavy atom. The Kier molecular flexibility index (Phi) is 6.52. The van der Waals surface area contributed by atoms with Gasteiger partial charge in [0.15, 0.2) is 0 Å². The SMILES string of the molecule is CC(F)(c1ccc2c(c1)OCC1N(C(=O)C3CCS(=N)(=O)CC3)CCC21Cc1ccc(F)cc1)C(F)(F)F. The van der Waals surface area contributed by atoms with Gasteiger partial charge >= 0.3 is 6.18 Å². The number of carbonyl (C=O) groups is 1. The summed E-state index contributed by atoms with van der Waals surface area (Å²) in [5.74, 6) is -0.379. The van der Waals surface area contributed by atoms with Crippen molar-refractivity contribution in [1.82, 2.24) is 4.90 Å². The van der Waals surface area contributed by atoms with Gasteiger partial charge in [0.1, 0.15) is 18.2 Å². The number of ether oxygens (including phenoxy) is 1. The van der Waals surface area contributed by atoms with Gasteiger partial charge in [-0.05, 0) is 56.4 Å². The van der Waals surface area contributed by atoms with Crippen molar-refractivity contribution in [3.63, 3.8) is 0 Å². The number of halogens is 5. The molecule has 206 valence electrons. The Balaban J connectivity index is 1.53. The molecule has 11 heteroatoms. The molecule has 2 fully saturated rings. The molecule has 0 radical (unpaired) electrons. The third-order valence-corrected chi connectivity index (χ3v) is 10.2. The van der Waals surface area contributed by atoms with Crippen molar-refractivity contribution in [2.75, 3.05) is 24.7 Å². The second kappa shape index (κ2) is 9.20. The molecule has 0 bridgehead atoms. The molecule has 3 heterocycles. The summed E-state index contributed by atoms with van der Waals surface area (Å²) in [7, 11) is -2.66. The zero-order chi connectivity index (χ0) is 27.5. The van der Waals surface area contributed by atoms with Gasteiger partial charge in [-0.2, -0.15) is 13.2 Å². The molecule has 0 aromatic heterocycles. The lowest BCUT2D eigenvalue weighted by Crippen LogP contribution is -2.53. The second-order valence-electron chi connectivity index (χ2n) is 10.8. The van der Waals surface area contributed by atoms with E-state index in [4.69, 9.17) is 9.52 Å². The summed E-state index contributed by atoms with van der Waals surface area (Å²) in [6.45, 7) is 0.871. The number of nitrogens with zero attached hydrogens (tertiary/aromatic N) is 1. The van der Waals surface area contributed by atoms with Crippen LogP contribution in [0.2, 0.25) is 0 Å². The molecule has 0 spiro atoms. The number of likely N-dealkylation sites (tertiary alicyclic amines) is 1. The molecule has 0 aliphatic carbocycles. The molecule has 3 atom stereocenters. The van der Waals surface area contributed by atoms with Gasteiger partial charge < -0.3 is 9.64 Å². The third-order valence-electron chi connectivity index (χ3n) is 8.46. The fraction of sp³-hybridized carbons (Fsp3) is 0.519. The molecule has 1 amide bonds. The summed E-state index contributed by atoms with van der Waals surface area (Å²) in [6, 6.07) is 9.20. The predicted octanol–water partition coefficient (Wildman–Crippen LogP) is 5.50. The maximum absolute atomic E-state index is 14.8. The smallest absolute Gasteiger partial charge is 0.426 e. The van der Waals surface area contributed by atoms with Crippen molar-refractivity contribution >= 4 is 15.6 Å². The first-order valence-electron chi connectivity index (χ1n) is 12.6. The molecule has 3 unspecified atom stereocenters. The van der Waals surface area contributed by atoms with Crippen molar-refractivity contribution in [3.8, 4) is 5.75 Å². The summed E-state index contributed by atoms with van der Waals surface area (Å²) in [5.41, 5.74) is -3.48. The van der Waals surface area contributed by atoms with Crippen LogP contribution in [-0.4, -0.2) is 51.9 Å². The second-order valence-corrected chi connectivity index (χ2v) is 13.2. The van der Waals surface area contributed by atoms with Crippen molar-refractivity contribution in [2.24, 2.45) is 5.92 Å². The minimum atomic E-state index is -5.11. The average molecular weight is 557 g/mol. The first-order chi connectivity index (χ1) is 17.7. The van der Waals surface area contributed by atoms with Crippen LogP contribution < -0.4 is 4.74 Å². The van der Waals surface area contributed by atoms with Crippen molar-refractivity contribution in [3.05, 3.63) is 65.0 Å². The maximum Gasteiger partial charge on any atom is 0.426 e. The molecule has 3 aliphatic rings. The van der Waals surface area contributed by atoms with Crippen LogP contribution in [0.4, 0.5) is 22.0 Å². The molecule has 2 aromatic rings. The Hall–Kier alpha value is -2.69. The van der Waals surface area contributed by atoms with Gasteiger partial charge in [-0.3, -0.25) is 9.57 Å². The van der Waals surface area contributed by atoms with Gasteiger partial charge in [-0.25, -0.2) is 13.0 Å². The zero-order valence-electron chi connectivity index (χ0n) is 20.8. The van der Waals surface area contributed by atoms with Crippen LogP contribution in [0.3, 0.4) is 0 Å². The highest BCUT2D eigenvalue weighted by molar-refractivity contribution is 7.92. The Bertz CT molecular complexity index is 1330. The molecule has 5 nitrogen and oxygen atoms in total. The summed E-state index contributed by atoms with van der Waals surface area (Å²) >= 11 is 0. The number of hydrogen-bond donors (Lipinski definition) is 1. The van der Waals surface area contributed by atoms with Crippen LogP contribution in [0.25, 0.3) is 0 Å². The number of carbonyl (C=O) groups excluding carboxylic acids is 1. The van der Waals surface area contributed by atoms with Gasteiger partial charge in [0.05, 0.1) is 6.04 Å². The number of benzene rings is 2. The number of amides is 1. The van der Waals surface area contributed by atoms with Gasteiger partial charge in [-0.1, -0.05) is 24.3 Å². The summed E-state index contributed by atoms with van der Waals surface area (Å²) in [5, 5.41) is 0. The minimum Gasteiger partial charge on any atom is -0.491 e. The lowest BCUT2D eigenvalue weighted by molar-refractivity contribution is -0.228. The molecule has 0 saturated carbocycles. The first kappa shape index (κ1) is 26.9. The van der Waals surface area contributed by atoms with E-state index >= 15 is 0 Å². The molecule has 1 N–H and O–H groups in total. The van der Waals surface area contributed by atoms with E-state index in [-0.39, 0.29) is 35.7 Å². The Morgan fingerprint density at radius 2 is 1.79 bits per heavy atom. The van der Waals surface area contributed by atoms with E-state index in [1.54, 1.807) is 17.0 Å². The highest BCUT2D eigenvalue weighted by Gasteiger charge is 2.57. The quantitative estimate of drug-likeness (QED) is 0.506. The van der Waals surface area contributed by atoms with Gasteiger partial charge in [0, 0.05) is 50.2 Å². The van der Waals surface area contributed by atoms with Crippen LogP contribution in [-0.2, 0) is 32.0 Å². The van der Waals surface area contributed by atoms with E-state index in [0.717, 1.165) is 17.7 Å². The molecule has 2 saturated heterocycles. The minimum absolute atomic E-state index is 0.0142. The number of hydrogen-bond acceptors (Lipinski definition) is 4. The van der Waals surface area contributed by atoms with Gasteiger partial charge in [0.25, 0.3) is 0 Å². The lowest BCUT2D eigenvalue weighted by Gasteiger charge is -2.44.